The Hall–Kier alpha value is -1.81. The smallest absolute Gasteiger partial charge is 0.374 e. The average Bonchev–Trinajstić information content (AvgIpc) is 2.61. The summed E-state index contributed by atoms with van der Waals surface area (Å²) in [6, 6.07) is 6.75. The molecule has 0 radical (unpaired) electrons. The van der Waals surface area contributed by atoms with Gasteiger partial charge in [0.25, 0.3) is 0 Å². The second-order valence-corrected chi connectivity index (χ2v) is 3.66. The molecule has 1 aromatic heterocycles. The molecule has 2 rings (SSSR count). The van der Waals surface area contributed by atoms with Gasteiger partial charge in [0.1, 0.15) is 5.69 Å². The highest BCUT2D eigenvalue weighted by Crippen LogP contribution is 2.25. The highest BCUT2D eigenvalue weighted by molar-refractivity contribution is 6.30. The van der Waals surface area contributed by atoms with Crippen molar-refractivity contribution in [2.24, 2.45) is 0 Å². The van der Waals surface area contributed by atoms with E-state index in [1.165, 1.54) is 0 Å². The third kappa shape index (κ3) is 1.92. The molecule has 0 saturated carbocycles. The number of carboxylic acids is 1. The van der Waals surface area contributed by atoms with Crippen LogP contribution in [0.15, 0.2) is 28.7 Å². The molecule has 0 saturated heterocycles. The first kappa shape index (κ1) is 10.7. The maximum atomic E-state index is 10.9. The molecule has 0 aliphatic rings. The van der Waals surface area contributed by atoms with Gasteiger partial charge in [-0.3, -0.25) is 0 Å². The van der Waals surface area contributed by atoms with Crippen LogP contribution in [0.5, 0.6) is 0 Å². The van der Waals surface area contributed by atoms with Gasteiger partial charge in [0.2, 0.25) is 5.76 Å². The number of nitrogens with zero attached hydrogens (tertiary/aromatic N) is 1. The van der Waals surface area contributed by atoms with Gasteiger partial charge in [-0.1, -0.05) is 23.7 Å². The molecule has 16 heavy (non-hydrogen) atoms. The molecule has 0 unspecified atom stereocenters. The second-order valence-electron chi connectivity index (χ2n) is 3.22. The number of aromatic carboxylic acids is 1. The number of carbonyl (C=O) groups is 1. The first-order chi connectivity index (χ1) is 7.58. The number of aryl methyl sites for hydroxylation is 1. The SMILES string of the molecule is Cc1nc(-c2ccc(Cl)cc2)c(C(=O)O)o1. The topological polar surface area (TPSA) is 63.3 Å². The van der Waals surface area contributed by atoms with Crippen molar-refractivity contribution >= 4 is 17.6 Å². The van der Waals surface area contributed by atoms with Crippen molar-refractivity contribution in [3.63, 3.8) is 0 Å². The molecule has 1 heterocycles. The Morgan fingerprint density at radius 1 is 1.38 bits per heavy atom. The minimum Gasteiger partial charge on any atom is -0.475 e. The molecule has 82 valence electrons. The van der Waals surface area contributed by atoms with Crippen molar-refractivity contribution in [1.82, 2.24) is 4.98 Å². The molecule has 0 spiro atoms. The van der Waals surface area contributed by atoms with Gasteiger partial charge in [0.05, 0.1) is 0 Å². The Balaban J connectivity index is 2.55. The van der Waals surface area contributed by atoms with Crippen LogP contribution in [0.25, 0.3) is 11.3 Å². The number of hydrogen-bond donors (Lipinski definition) is 1. The van der Waals surface area contributed by atoms with E-state index in [1.54, 1.807) is 31.2 Å². The van der Waals surface area contributed by atoms with Crippen LogP contribution in [0, 0.1) is 6.92 Å². The van der Waals surface area contributed by atoms with Crippen LogP contribution in [0.3, 0.4) is 0 Å². The van der Waals surface area contributed by atoms with Gasteiger partial charge in [0.15, 0.2) is 5.89 Å². The van der Waals surface area contributed by atoms with Gasteiger partial charge in [-0.2, -0.15) is 0 Å². The normalized spacial score (nSPS) is 10.4. The van der Waals surface area contributed by atoms with Crippen LogP contribution in [-0.2, 0) is 0 Å². The summed E-state index contributed by atoms with van der Waals surface area (Å²) in [6.45, 7) is 1.60. The molecule has 5 heteroatoms. The van der Waals surface area contributed by atoms with E-state index in [2.05, 4.69) is 4.98 Å². The number of hydrogen-bond acceptors (Lipinski definition) is 3. The predicted molar refractivity (Wildman–Crippen MR) is 58.6 cm³/mol. The van der Waals surface area contributed by atoms with Crippen molar-refractivity contribution in [3.8, 4) is 11.3 Å². The lowest BCUT2D eigenvalue weighted by Crippen LogP contribution is -1.96. The van der Waals surface area contributed by atoms with Gasteiger partial charge in [-0.05, 0) is 12.1 Å². The van der Waals surface area contributed by atoms with E-state index >= 15 is 0 Å². The van der Waals surface area contributed by atoms with E-state index in [0.717, 1.165) is 0 Å². The van der Waals surface area contributed by atoms with Crippen LogP contribution < -0.4 is 0 Å². The number of benzene rings is 1. The summed E-state index contributed by atoms with van der Waals surface area (Å²) in [5.74, 6) is -0.965. The molecular weight excluding hydrogens is 230 g/mol. The predicted octanol–water partition coefficient (Wildman–Crippen LogP) is 3.00. The maximum Gasteiger partial charge on any atom is 0.374 e. The molecule has 0 aliphatic heterocycles. The molecule has 1 aromatic carbocycles. The van der Waals surface area contributed by atoms with Crippen molar-refractivity contribution in [1.29, 1.82) is 0 Å². The quantitative estimate of drug-likeness (QED) is 0.872. The van der Waals surface area contributed by atoms with Crippen LogP contribution in [-0.4, -0.2) is 16.1 Å². The number of halogens is 1. The van der Waals surface area contributed by atoms with Gasteiger partial charge in [-0.25, -0.2) is 9.78 Å². The first-order valence-corrected chi connectivity index (χ1v) is 4.92. The van der Waals surface area contributed by atoms with E-state index in [9.17, 15) is 4.79 Å². The first-order valence-electron chi connectivity index (χ1n) is 4.54. The number of rotatable bonds is 2. The molecule has 0 bridgehead atoms. The lowest BCUT2D eigenvalue weighted by atomic mass is 10.1. The van der Waals surface area contributed by atoms with Crippen LogP contribution in [0.1, 0.15) is 16.4 Å². The summed E-state index contributed by atoms with van der Waals surface area (Å²) in [5, 5.41) is 9.52. The largest absolute Gasteiger partial charge is 0.475 e. The van der Waals surface area contributed by atoms with E-state index in [4.69, 9.17) is 21.1 Å². The number of carboxylic acid groups (broad SMARTS) is 1. The van der Waals surface area contributed by atoms with E-state index < -0.39 is 5.97 Å². The highest BCUT2D eigenvalue weighted by atomic mass is 35.5. The number of aromatic nitrogens is 1. The van der Waals surface area contributed by atoms with Gasteiger partial charge < -0.3 is 9.52 Å². The molecule has 0 atom stereocenters. The monoisotopic (exact) mass is 237 g/mol. The van der Waals surface area contributed by atoms with Gasteiger partial charge in [0, 0.05) is 17.5 Å². The Bertz CT molecular complexity index is 531. The zero-order chi connectivity index (χ0) is 11.7. The van der Waals surface area contributed by atoms with Crippen molar-refractivity contribution in [2.45, 2.75) is 6.92 Å². The van der Waals surface area contributed by atoms with Crippen LogP contribution >= 0.6 is 11.6 Å². The summed E-state index contributed by atoms with van der Waals surface area (Å²) in [7, 11) is 0. The van der Waals surface area contributed by atoms with Gasteiger partial charge in [-0.15, -0.1) is 0 Å². The lowest BCUT2D eigenvalue weighted by molar-refractivity contribution is 0.0662. The third-order valence-corrected chi connectivity index (χ3v) is 2.30. The Morgan fingerprint density at radius 2 is 2.00 bits per heavy atom. The van der Waals surface area contributed by atoms with E-state index in [-0.39, 0.29) is 5.76 Å². The van der Waals surface area contributed by atoms with Crippen LogP contribution in [0.4, 0.5) is 0 Å². The summed E-state index contributed by atoms with van der Waals surface area (Å²) in [6.07, 6.45) is 0. The average molecular weight is 238 g/mol. The summed E-state index contributed by atoms with van der Waals surface area (Å²) in [5.41, 5.74) is 0.986. The Labute approximate surface area is 96.5 Å². The zero-order valence-corrected chi connectivity index (χ0v) is 9.15. The highest BCUT2D eigenvalue weighted by Gasteiger charge is 2.19. The minimum absolute atomic E-state index is 0.153. The van der Waals surface area contributed by atoms with Crippen LogP contribution in [0.2, 0.25) is 5.02 Å². The lowest BCUT2D eigenvalue weighted by Gasteiger charge is -1.97. The van der Waals surface area contributed by atoms with Gasteiger partial charge >= 0.3 is 5.97 Å². The summed E-state index contributed by atoms with van der Waals surface area (Å²) >= 11 is 5.75. The molecule has 1 N–H and O–H groups in total. The fraction of sp³-hybridized carbons (Fsp3) is 0.0909. The van der Waals surface area contributed by atoms with E-state index in [1.807, 2.05) is 0 Å². The molecular formula is C11H8ClNO3. The number of oxazole rings is 1. The molecule has 4 nitrogen and oxygen atoms in total. The fourth-order valence-electron chi connectivity index (χ4n) is 1.38. The molecule has 2 aromatic rings. The Morgan fingerprint density at radius 3 is 2.56 bits per heavy atom. The van der Waals surface area contributed by atoms with Crippen molar-refractivity contribution in [2.75, 3.05) is 0 Å². The van der Waals surface area contributed by atoms with E-state index in [0.29, 0.717) is 22.2 Å². The fourth-order valence-corrected chi connectivity index (χ4v) is 1.50. The standard InChI is InChI=1S/C11H8ClNO3/c1-6-13-9(10(16-6)11(14)15)7-2-4-8(12)5-3-7/h2-5H,1H3,(H,14,15). The molecule has 0 amide bonds. The molecule has 0 aliphatic carbocycles. The summed E-state index contributed by atoms with van der Waals surface area (Å²) in [4.78, 5) is 15.0. The maximum absolute atomic E-state index is 10.9. The van der Waals surface area contributed by atoms with Crippen molar-refractivity contribution < 1.29 is 14.3 Å². The van der Waals surface area contributed by atoms with Crippen molar-refractivity contribution in [3.05, 3.63) is 40.9 Å². The third-order valence-electron chi connectivity index (χ3n) is 2.05. The zero-order valence-electron chi connectivity index (χ0n) is 8.40. The second kappa shape index (κ2) is 3.98. The molecule has 0 fully saturated rings. The summed E-state index contributed by atoms with van der Waals surface area (Å²) < 4.78 is 5.02. The minimum atomic E-state index is -1.13. The Kier molecular flexibility index (Phi) is 2.66.